The Bertz CT molecular complexity index is 309. The maximum Gasteiger partial charge on any atom is 0.302 e. The summed E-state index contributed by atoms with van der Waals surface area (Å²) in [5.41, 5.74) is 1.56. The van der Waals surface area contributed by atoms with Gasteiger partial charge in [0.1, 0.15) is 6.10 Å². The molecule has 0 heterocycles. The number of carbonyl (C=O) groups excluding carboxylic acids is 1. The van der Waals surface area contributed by atoms with Crippen LogP contribution in [0.4, 0.5) is 0 Å². The zero-order valence-corrected chi connectivity index (χ0v) is 8.41. The molecule has 0 fully saturated rings. The van der Waals surface area contributed by atoms with Crippen LogP contribution in [0.2, 0.25) is 0 Å². The number of hydrogen-bond acceptors (Lipinski definition) is 3. The van der Waals surface area contributed by atoms with E-state index in [0.29, 0.717) is 12.8 Å². The van der Waals surface area contributed by atoms with Gasteiger partial charge < -0.3 is 9.84 Å². The molecule has 0 amide bonds. The van der Waals surface area contributed by atoms with Crippen molar-refractivity contribution < 1.29 is 14.6 Å². The molecule has 0 spiro atoms. The average Bonchev–Trinajstić information content (AvgIpc) is 2.10. The lowest BCUT2D eigenvalue weighted by Crippen LogP contribution is -2.29. The number of ether oxygens (including phenoxy) is 1. The van der Waals surface area contributed by atoms with Crippen LogP contribution in [0.3, 0.4) is 0 Å². The number of hydrogen-bond donors (Lipinski definition) is 1. The lowest BCUT2D eigenvalue weighted by molar-refractivity contribution is -0.147. The highest BCUT2D eigenvalue weighted by atomic mass is 16.5. The van der Waals surface area contributed by atoms with Gasteiger partial charge in [-0.1, -0.05) is 5.92 Å². The molecule has 76 valence electrons. The van der Waals surface area contributed by atoms with Gasteiger partial charge in [-0.2, -0.15) is 0 Å². The van der Waals surface area contributed by atoms with Gasteiger partial charge in [-0.25, -0.2) is 0 Å². The molecule has 0 saturated carbocycles. The molecule has 1 rings (SSSR count). The third kappa shape index (κ3) is 2.36. The van der Waals surface area contributed by atoms with Crippen molar-refractivity contribution in [3.8, 4) is 12.3 Å². The molecule has 1 aliphatic rings. The summed E-state index contributed by atoms with van der Waals surface area (Å²) in [5, 5.41) is 9.62. The molecule has 0 aliphatic heterocycles. The average molecular weight is 194 g/mol. The van der Waals surface area contributed by atoms with E-state index in [-0.39, 0.29) is 12.1 Å². The Morgan fingerprint density at radius 3 is 2.86 bits per heavy atom. The number of terminal acetylenes is 1. The summed E-state index contributed by atoms with van der Waals surface area (Å²) in [6.07, 6.45) is 5.41. The molecular weight excluding hydrogens is 180 g/mol. The molecule has 2 atom stereocenters. The second kappa shape index (κ2) is 4.30. The first kappa shape index (κ1) is 10.8. The first-order valence-electron chi connectivity index (χ1n) is 4.56. The summed E-state index contributed by atoms with van der Waals surface area (Å²) in [7, 11) is 0. The SMILES string of the molecule is C#CC1=C(C)[C@@H](O)C[C@H](OC(C)=O)C1. The normalized spacial score (nSPS) is 27.0. The number of esters is 1. The molecule has 0 unspecified atom stereocenters. The molecule has 0 aromatic heterocycles. The minimum Gasteiger partial charge on any atom is -0.462 e. The zero-order chi connectivity index (χ0) is 10.7. The van der Waals surface area contributed by atoms with E-state index in [0.717, 1.165) is 11.1 Å². The van der Waals surface area contributed by atoms with Crippen molar-refractivity contribution in [1.29, 1.82) is 0 Å². The fraction of sp³-hybridized carbons (Fsp3) is 0.545. The minimum absolute atomic E-state index is 0.280. The largest absolute Gasteiger partial charge is 0.462 e. The summed E-state index contributed by atoms with van der Waals surface area (Å²) in [6.45, 7) is 3.16. The maximum absolute atomic E-state index is 10.7. The van der Waals surface area contributed by atoms with Crippen molar-refractivity contribution in [3.63, 3.8) is 0 Å². The Morgan fingerprint density at radius 2 is 2.36 bits per heavy atom. The fourth-order valence-corrected chi connectivity index (χ4v) is 1.60. The highest BCUT2D eigenvalue weighted by Crippen LogP contribution is 2.26. The van der Waals surface area contributed by atoms with Crippen LogP contribution in [0.5, 0.6) is 0 Å². The van der Waals surface area contributed by atoms with Crippen molar-refractivity contribution in [3.05, 3.63) is 11.1 Å². The second-order valence-electron chi connectivity index (χ2n) is 3.49. The smallest absolute Gasteiger partial charge is 0.302 e. The van der Waals surface area contributed by atoms with E-state index in [4.69, 9.17) is 11.2 Å². The van der Waals surface area contributed by atoms with Gasteiger partial charge in [0, 0.05) is 25.3 Å². The lowest BCUT2D eigenvalue weighted by atomic mass is 9.89. The van der Waals surface area contributed by atoms with Crippen LogP contribution in [-0.2, 0) is 9.53 Å². The van der Waals surface area contributed by atoms with Crippen molar-refractivity contribution in [2.24, 2.45) is 0 Å². The van der Waals surface area contributed by atoms with E-state index in [9.17, 15) is 9.90 Å². The second-order valence-corrected chi connectivity index (χ2v) is 3.49. The number of aliphatic hydroxyl groups excluding tert-OH is 1. The van der Waals surface area contributed by atoms with Gasteiger partial charge in [-0.15, -0.1) is 6.42 Å². The van der Waals surface area contributed by atoms with Gasteiger partial charge in [0.2, 0.25) is 0 Å². The first-order chi connectivity index (χ1) is 6.54. The van der Waals surface area contributed by atoms with Crippen molar-refractivity contribution >= 4 is 5.97 Å². The number of carbonyl (C=O) groups is 1. The van der Waals surface area contributed by atoms with Crippen LogP contribution in [0.1, 0.15) is 26.7 Å². The van der Waals surface area contributed by atoms with Crippen molar-refractivity contribution in [1.82, 2.24) is 0 Å². The Labute approximate surface area is 83.8 Å². The quantitative estimate of drug-likeness (QED) is 0.501. The predicted octanol–water partition coefficient (Wildman–Crippen LogP) is 1.02. The molecule has 0 aromatic carbocycles. The van der Waals surface area contributed by atoms with Gasteiger partial charge in [-0.05, 0) is 12.5 Å². The first-order valence-corrected chi connectivity index (χ1v) is 4.56. The molecular formula is C11H14O3. The summed E-state index contributed by atoms with van der Waals surface area (Å²) >= 11 is 0. The summed E-state index contributed by atoms with van der Waals surface area (Å²) in [4.78, 5) is 10.7. The lowest BCUT2D eigenvalue weighted by Gasteiger charge is -2.27. The summed E-state index contributed by atoms with van der Waals surface area (Å²) in [5.74, 6) is 2.18. The van der Waals surface area contributed by atoms with E-state index in [1.165, 1.54) is 6.92 Å². The van der Waals surface area contributed by atoms with Gasteiger partial charge >= 0.3 is 5.97 Å². The maximum atomic E-state index is 10.7. The number of aliphatic hydroxyl groups is 1. The van der Waals surface area contributed by atoms with Crippen molar-refractivity contribution in [2.45, 2.75) is 38.9 Å². The van der Waals surface area contributed by atoms with Crippen molar-refractivity contribution in [2.75, 3.05) is 0 Å². The molecule has 0 aromatic rings. The predicted molar refractivity (Wildman–Crippen MR) is 52.3 cm³/mol. The minimum atomic E-state index is -0.584. The van der Waals surface area contributed by atoms with E-state index in [1.54, 1.807) is 0 Å². The van der Waals surface area contributed by atoms with Crippen LogP contribution in [-0.4, -0.2) is 23.3 Å². The van der Waals surface area contributed by atoms with Gasteiger partial charge in [0.05, 0.1) is 6.10 Å². The Balaban J connectivity index is 2.75. The molecule has 0 saturated heterocycles. The Kier molecular flexibility index (Phi) is 3.32. The third-order valence-corrected chi connectivity index (χ3v) is 2.40. The van der Waals surface area contributed by atoms with Crippen LogP contribution in [0.25, 0.3) is 0 Å². The molecule has 1 aliphatic carbocycles. The highest BCUT2D eigenvalue weighted by molar-refractivity contribution is 5.66. The van der Waals surface area contributed by atoms with E-state index >= 15 is 0 Å². The topological polar surface area (TPSA) is 46.5 Å². The Morgan fingerprint density at radius 1 is 1.71 bits per heavy atom. The Hall–Kier alpha value is -1.27. The molecule has 3 heteroatoms. The molecule has 0 bridgehead atoms. The molecule has 0 radical (unpaired) electrons. The van der Waals surface area contributed by atoms with E-state index in [2.05, 4.69) is 5.92 Å². The number of rotatable bonds is 1. The fourth-order valence-electron chi connectivity index (χ4n) is 1.60. The zero-order valence-electron chi connectivity index (χ0n) is 8.41. The van der Waals surface area contributed by atoms with Gasteiger partial charge in [0.15, 0.2) is 0 Å². The monoisotopic (exact) mass is 194 g/mol. The van der Waals surface area contributed by atoms with Crippen LogP contribution in [0, 0.1) is 12.3 Å². The van der Waals surface area contributed by atoms with E-state index in [1.807, 2.05) is 6.92 Å². The molecule has 1 N–H and O–H groups in total. The van der Waals surface area contributed by atoms with Gasteiger partial charge in [-0.3, -0.25) is 4.79 Å². The summed E-state index contributed by atoms with van der Waals surface area (Å²) in [6, 6.07) is 0. The van der Waals surface area contributed by atoms with Crippen LogP contribution < -0.4 is 0 Å². The van der Waals surface area contributed by atoms with Crippen LogP contribution >= 0.6 is 0 Å². The van der Waals surface area contributed by atoms with E-state index < -0.39 is 6.10 Å². The highest BCUT2D eigenvalue weighted by Gasteiger charge is 2.26. The summed E-state index contributed by atoms with van der Waals surface area (Å²) < 4.78 is 5.01. The third-order valence-electron chi connectivity index (χ3n) is 2.40. The van der Waals surface area contributed by atoms with Gasteiger partial charge in [0.25, 0.3) is 0 Å². The molecule has 14 heavy (non-hydrogen) atoms. The van der Waals surface area contributed by atoms with Crippen LogP contribution in [0.15, 0.2) is 11.1 Å². The molecule has 3 nitrogen and oxygen atoms in total. The standard InChI is InChI=1S/C11H14O3/c1-4-9-5-10(14-8(3)12)6-11(13)7(9)2/h1,10-11,13H,5-6H2,2-3H3/t10-,11+/m1/s1.